The lowest BCUT2D eigenvalue weighted by Crippen LogP contribution is -2.36. The van der Waals surface area contributed by atoms with E-state index >= 15 is 0 Å². The summed E-state index contributed by atoms with van der Waals surface area (Å²) < 4.78 is 0. The minimum atomic E-state index is -1.31. The van der Waals surface area contributed by atoms with E-state index in [-0.39, 0.29) is 12.2 Å². The Kier molecular flexibility index (Phi) is 5.14. The van der Waals surface area contributed by atoms with E-state index in [1.807, 2.05) is 0 Å². The fraction of sp³-hybridized carbons (Fsp3) is 0.211. The molecule has 0 bridgehead atoms. The molecular weight excluding hydrogens is 306 g/mol. The number of amides is 1. The Hall–Kier alpha value is -2.95. The number of hydrogen-bond acceptors (Lipinski definition) is 3. The molecule has 124 valence electrons. The van der Waals surface area contributed by atoms with E-state index in [4.69, 9.17) is 0 Å². The van der Waals surface area contributed by atoms with Gasteiger partial charge in [-0.2, -0.15) is 0 Å². The molecule has 5 heteroatoms. The molecule has 1 amide bonds. The minimum absolute atomic E-state index is 0.0598. The Morgan fingerprint density at radius 3 is 2.08 bits per heavy atom. The van der Waals surface area contributed by atoms with Crippen molar-refractivity contribution >= 4 is 23.3 Å². The Labute approximate surface area is 140 Å². The highest BCUT2D eigenvalue weighted by molar-refractivity contribution is 5.97. The van der Waals surface area contributed by atoms with Crippen LogP contribution in [0.25, 0.3) is 0 Å². The van der Waals surface area contributed by atoms with Crippen LogP contribution in [0.15, 0.2) is 54.6 Å². The molecular formula is C19H19NO4. The normalized spacial score (nSPS) is 12.9. The van der Waals surface area contributed by atoms with Gasteiger partial charge in [-0.1, -0.05) is 30.3 Å². The maximum atomic E-state index is 12.3. The molecule has 0 aliphatic carbocycles. The zero-order chi connectivity index (χ0) is 17.7. The van der Waals surface area contributed by atoms with Crippen molar-refractivity contribution < 1.29 is 19.5 Å². The molecule has 0 heterocycles. The van der Waals surface area contributed by atoms with Crippen molar-refractivity contribution in [2.75, 3.05) is 5.32 Å². The van der Waals surface area contributed by atoms with Gasteiger partial charge in [0, 0.05) is 17.7 Å². The van der Waals surface area contributed by atoms with Crippen LogP contribution in [-0.2, 0) is 15.0 Å². The molecule has 2 aromatic carbocycles. The number of hydrogen-bond donors (Lipinski definition) is 2. The lowest BCUT2D eigenvalue weighted by molar-refractivity contribution is -0.145. The molecule has 2 N–H and O–H groups in total. The summed E-state index contributed by atoms with van der Waals surface area (Å²) in [6.45, 7) is 2.99. The first kappa shape index (κ1) is 17.4. The number of carbonyl (C=O) groups excluding carboxylic acids is 2. The molecule has 24 heavy (non-hydrogen) atoms. The first-order valence-electron chi connectivity index (χ1n) is 7.53. The highest BCUT2D eigenvalue weighted by Gasteiger charge is 2.37. The molecule has 0 saturated heterocycles. The topological polar surface area (TPSA) is 83.5 Å². The van der Waals surface area contributed by atoms with Crippen LogP contribution >= 0.6 is 0 Å². The smallest absolute Gasteiger partial charge is 0.314 e. The van der Waals surface area contributed by atoms with Crippen molar-refractivity contribution in [1.29, 1.82) is 0 Å². The molecule has 1 atom stereocenters. The Balaban J connectivity index is 2.14. The first-order chi connectivity index (χ1) is 11.3. The number of benzene rings is 2. The molecule has 2 rings (SSSR count). The van der Waals surface area contributed by atoms with Gasteiger partial charge in [0.1, 0.15) is 0 Å². The predicted molar refractivity (Wildman–Crippen MR) is 91.1 cm³/mol. The molecule has 0 aromatic heterocycles. The number of carboxylic acids is 1. The van der Waals surface area contributed by atoms with Crippen molar-refractivity contribution in [2.24, 2.45) is 0 Å². The molecule has 5 nitrogen and oxygen atoms in total. The maximum Gasteiger partial charge on any atom is 0.314 e. The fourth-order valence-corrected chi connectivity index (χ4v) is 2.42. The van der Waals surface area contributed by atoms with Gasteiger partial charge in [-0.25, -0.2) is 0 Å². The third kappa shape index (κ3) is 3.87. The van der Waals surface area contributed by atoms with E-state index in [1.165, 1.54) is 13.8 Å². The van der Waals surface area contributed by atoms with Crippen molar-refractivity contribution in [3.63, 3.8) is 0 Å². The third-order valence-electron chi connectivity index (χ3n) is 3.97. The van der Waals surface area contributed by atoms with Crippen LogP contribution in [0.1, 0.15) is 36.2 Å². The summed E-state index contributed by atoms with van der Waals surface area (Å²) in [6, 6.07) is 15.2. The SMILES string of the molecule is CC(=O)c1ccc(NC(=O)CC(C)(C(=O)O)c2ccccc2)cc1. The molecule has 0 spiro atoms. The summed E-state index contributed by atoms with van der Waals surface area (Å²) >= 11 is 0. The van der Waals surface area contributed by atoms with E-state index < -0.39 is 17.3 Å². The first-order valence-corrected chi connectivity index (χ1v) is 7.53. The quantitative estimate of drug-likeness (QED) is 0.799. The Morgan fingerprint density at radius 1 is 1.00 bits per heavy atom. The number of Topliss-reactive ketones (excluding diaryl/α,β-unsaturated/α-hetero) is 1. The van der Waals surface area contributed by atoms with Gasteiger partial charge < -0.3 is 10.4 Å². The predicted octanol–water partition coefficient (Wildman–Crippen LogP) is 3.26. The summed E-state index contributed by atoms with van der Waals surface area (Å²) in [5.74, 6) is -1.52. The third-order valence-corrected chi connectivity index (χ3v) is 3.97. The van der Waals surface area contributed by atoms with E-state index in [0.717, 1.165) is 0 Å². The molecule has 0 saturated carbocycles. The van der Waals surface area contributed by atoms with Gasteiger partial charge >= 0.3 is 5.97 Å². The molecule has 0 radical (unpaired) electrons. The van der Waals surface area contributed by atoms with Gasteiger partial charge in [0.05, 0.1) is 5.41 Å². The lowest BCUT2D eigenvalue weighted by Gasteiger charge is -2.24. The van der Waals surface area contributed by atoms with Crippen LogP contribution in [0.3, 0.4) is 0 Å². The average molecular weight is 325 g/mol. The van der Waals surface area contributed by atoms with Crippen LogP contribution in [-0.4, -0.2) is 22.8 Å². The van der Waals surface area contributed by atoms with Crippen molar-refractivity contribution in [1.82, 2.24) is 0 Å². The molecule has 1 unspecified atom stereocenters. The number of ketones is 1. The standard InChI is InChI=1S/C19H19NO4/c1-13(21)14-8-10-16(11-9-14)20-17(22)12-19(2,18(23)24)15-6-4-3-5-7-15/h3-11H,12H2,1-2H3,(H,20,22)(H,23,24). The Bertz CT molecular complexity index is 753. The summed E-state index contributed by atoms with van der Waals surface area (Å²) in [7, 11) is 0. The van der Waals surface area contributed by atoms with Gasteiger partial charge in [-0.3, -0.25) is 14.4 Å². The highest BCUT2D eigenvalue weighted by Crippen LogP contribution is 2.28. The summed E-state index contributed by atoms with van der Waals surface area (Å²) in [5, 5.41) is 12.3. The number of anilines is 1. The number of rotatable bonds is 6. The monoisotopic (exact) mass is 325 g/mol. The second-order valence-corrected chi connectivity index (χ2v) is 5.86. The van der Waals surface area contributed by atoms with E-state index in [2.05, 4.69) is 5.32 Å². The second-order valence-electron chi connectivity index (χ2n) is 5.86. The van der Waals surface area contributed by atoms with Gasteiger partial charge in [-0.15, -0.1) is 0 Å². The van der Waals surface area contributed by atoms with Crippen LogP contribution in [0, 0.1) is 0 Å². The number of aliphatic carboxylic acids is 1. The average Bonchev–Trinajstić information content (AvgIpc) is 2.55. The number of carbonyl (C=O) groups is 3. The summed E-state index contributed by atoms with van der Waals surface area (Å²) in [6.07, 6.45) is -0.194. The van der Waals surface area contributed by atoms with Gasteiger partial charge in [0.25, 0.3) is 0 Å². The highest BCUT2D eigenvalue weighted by atomic mass is 16.4. The largest absolute Gasteiger partial charge is 0.481 e. The van der Waals surface area contributed by atoms with Crippen LogP contribution in [0.5, 0.6) is 0 Å². The number of carboxylic acid groups (broad SMARTS) is 1. The zero-order valence-corrected chi connectivity index (χ0v) is 13.6. The molecule has 2 aromatic rings. The zero-order valence-electron chi connectivity index (χ0n) is 13.6. The minimum Gasteiger partial charge on any atom is -0.481 e. The summed E-state index contributed by atoms with van der Waals surface area (Å²) in [5.41, 5.74) is 0.322. The number of nitrogens with one attached hydrogen (secondary N) is 1. The van der Waals surface area contributed by atoms with E-state index in [1.54, 1.807) is 54.6 Å². The van der Waals surface area contributed by atoms with E-state index in [0.29, 0.717) is 16.8 Å². The molecule has 0 aliphatic rings. The summed E-state index contributed by atoms with van der Waals surface area (Å²) in [4.78, 5) is 35.2. The maximum absolute atomic E-state index is 12.3. The second kappa shape index (κ2) is 7.08. The van der Waals surface area contributed by atoms with Crippen molar-refractivity contribution in [3.8, 4) is 0 Å². The van der Waals surface area contributed by atoms with Crippen molar-refractivity contribution in [3.05, 3.63) is 65.7 Å². The van der Waals surface area contributed by atoms with Crippen LogP contribution in [0.4, 0.5) is 5.69 Å². The van der Waals surface area contributed by atoms with E-state index in [9.17, 15) is 19.5 Å². The Morgan fingerprint density at radius 2 is 1.58 bits per heavy atom. The fourth-order valence-electron chi connectivity index (χ4n) is 2.42. The van der Waals surface area contributed by atoms with Crippen molar-refractivity contribution in [2.45, 2.75) is 25.7 Å². The van der Waals surface area contributed by atoms with Gasteiger partial charge in [-0.05, 0) is 43.7 Å². The van der Waals surface area contributed by atoms with Gasteiger partial charge in [0.15, 0.2) is 5.78 Å². The molecule has 0 fully saturated rings. The molecule has 0 aliphatic heterocycles. The van der Waals surface area contributed by atoms with Crippen LogP contribution < -0.4 is 5.32 Å². The lowest BCUT2D eigenvalue weighted by atomic mass is 9.79. The van der Waals surface area contributed by atoms with Crippen LogP contribution in [0.2, 0.25) is 0 Å². The van der Waals surface area contributed by atoms with Gasteiger partial charge in [0.2, 0.25) is 5.91 Å².